The third-order valence-electron chi connectivity index (χ3n) is 3.52. The third-order valence-corrected chi connectivity index (χ3v) is 3.52. The van der Waals surface area contributed by atoms with Crippen LogP contribution in [0.15, 0.2) is 18.2 Å². The molecule has 94 valence electrons. The second-order valence-electron chi connectivity index (χ2n) is 4.64. The van der Waals surface area contributed by atoms with E-state index in [1.165, 1.54) is 6.07 Å². The molecule has 0 bridgehead atoms. The van der Waals surface area contributed by atoms with Gasteiger partial charge >= 0.3 is 0 Å². The molecule has 0 spiro atoms. The lowest BCUT2D eigenvalue weighted by molar-refractivity contribution is 0.201. The highest BCUT2D eigenvalue weighted by molar-refractivity contribution is 5.37. The van der Waals surface area contributed by atoms with Crippen molar-refractivity contribution in [3.63, 3.8) is 0 Å². The highest BCUT2D eigenvalue weighted by Crippen LogP contribution is 2.40. The van der Waals surface area contributed by atoms with E-state index in [1.807, 2.05) is 7.05 Å². The van der Waals surface area contributed by atoms with Crippen LogP contribution in [-0.2, 0) is 0 Å². The second-order valence-corrected chi connectivity index (χ2v) is 4.64. The normalized spacial score (nSPS) is 25.2. The zero-order chi connectivity index (χ0) is 12.4. The molecule has 1 fully saturated rings. The van der Waals surface area contributed by atoms with Gasteiger partial charge in [-0.1, -0.05) is 0 Å². The zero-order valence-electron chi connectivity index (χ0n) is 10.2. The molecule has 1 atom stereocenters. The zero-order valence-corrected chi connectivity index (χ0v) is 10.2. The Morgan fingerprint density at radius 1 is 1.47 bits per heavy atom. The lowest BCUT2D eigenvalue weighted by Crippen LogP contribution is -2.42. The Hall–Kier alpha value is -1.13. The summed E-state index contributed by atoms with van der Waals surface area (Å²) in [6.07, 6.45) is 1.95. The van der Waals surface area contributed by atoms with Crippen molar-refractivity contribution in [2.45, 2.75) is 24.9 Å². The molecular weight excluding hydrogens is 219 g/mol. The standard InChI is InChI=1S/C13H19FN2O/c1-16-13(8-5-10(15)6-8)11-7-9(14)3-4-12(11)17-2/h3-4,7-8,10,13,16H,5-6,15H2,1-2H3. The summed E-state index contributed by atoms with van der Waals surface area (Å²) in [5, 5.41) is 3.24. The van der Waals surface area contributed by atoms with Gasteiger partial charge < -0.3 is 15.8 Å². The fourth-order valence-electron chi connectivity index (χ4n) is 2.57. The van der Waals surface area contributed by atoms with Gasteiger partial charge in [0.25, 0.3) is 0 Å². The predicted octanol–water partition coefficient (Wildman–Crippen LogP) is 1.83. The molecule has 1 saturated carbocycles. The predicted molar refractivity (Wildman–Crippen MR) is 65.5 cm³/mol. The molecule has 0 saturated heterocycles. The van der Waals surface area contributed by atoms with E-state index in [-0.39, 0.29) is 17.9 Å². The molecule has 1 aliphatic carbocycles. The van der Waals surface area contributed by atoms with Crippen molar-refractivity contribution in [1.29, 1.82) is 0 Å². The molecule has 2 rings (SSSR count). The summed E-state index contributed by atoms with van der Waals surface area (Å²) in [6, 6.07) is 5.04. The van der Waals surface area contributed by atoms with Gasteiger partial charge in [-0.05, 0) is 44.0 Å². The van der Waals surface area contributed by atoms with Gasteiger partial charge in [0, 0.05) is 17.6 Å². The van der Waals surface area contributed by atoms with E-state index in [4.69, 9.17) is 10.5 Å². The summed E-state index contributed by atoms with van der Waals surface area (Å²) in [6.45, 7) is 0. The van der Waals surface area contributed by atoms with Crippen LogP contribution in [0.2, 0.25) is 0 Å². The SMILES string of the molecule is CNC(c1cc(F)ccc1OC)C1CC(N)C1. The highest BCUT2D eigenvalue weighted by atomic mass is 19.1. The molecule has 3 nitrogen and oxygen atoms in total. The first-order chi connectivity index (χ1) is 8.15. The number of benzene rings is 1. The summed E-state index contributed by atoms with van der Waals surface area (Å²) < 4.78 is 18.6. The molecule has 1 unspecified atom stereocenters. The minimum Gasteiger partial charge on any atom is -0.496 e. The van der Waals surface area contributed by atoms with Crippen molar-refractivity contribution in [3.05, 3.63) is 29.6 Å². The summed E-state index contributed by atoms with van der Waals surface area (Å²) in [4.78, 5) is 0. The van der Waals surface area contributed by atoms with E-state index < -0.39 is 0 Å². The summed E-state index contributed by atoms with van der Waals surface area (Å²) in [7, 11) is 3.49. The van der Waals surface area contributed by atoms with Crippen LogP contribution < -0.4 is 15.8 Å². The average molecular weight is 238 g/mol. The second kappa shape index (κ2) is 5.02. The monoisotopic (exact) mass is 238 g/mol. The molecule has 3 N–H and O–H groups in total. The molecule has 1 aliphatic rings. The molecule has 0 aromatic heterocycles. The van der Waals surface area contributed by atoms with Gasteiger partial charge in [0.15, 0.2) is 0 Å². The number of nitrogens with two attached hydrogens (primary N) is 1. The van der Waals surface area contributed by atoms with Crippen LogP contribution in [0, 0.1) is 11.7 Å². The van der Waals surface area contributed by atoms with Crippen LogP contribution in [0.25, 0.3) is 0 Å². The van der Waals surface area contributed by atoms with E-state index in [0.717, 1.165) is 24.2 Å². The van der Waals surface area contributed by atoms with Crippen LogP contribution in [0.3, 0.4) is 0 Å². The Labute approximate surface area is 101 Å². The first kappa shape index (κ1) is 12.3. The van der Waals surface area contributed by atoms with E-state index in [9.17, 15) is 4.39 Å². The summed E-state index contributed by atoms with van der Waals surface area (Å²) >= 11 is 0. The summed E-state index contributed by atoms with van der Waals surface area (Å²) in [5.41, 5.74) is 6.69. The van der Waals surface area contributed by atoms with E-state index in [0.29, 0.717) is 5.92 Å². The van der Waals surface area contributed by atoms with Gasteiger partial charge in [-0.3, -0.25) is 0 Å². The van der Waals surface area contributed by atoms with Crippen LogP contribution in [0.1, 0.15) is 24.4 Å². The molecule has 17 heavy (non-hydrogen) atoms. The van der Waals surface area contributed by atoms with Gasteiger partial charge in [0.05, 0.1) is 7.11 Å². The van der Waals surface area contributed by atoms with Crippen molar-refractivity contribution >= 4 is 0 Å². The molecule has 0 heterocycles. The maximum absolute atomic E-state index is 13.3. The Morgan fingerprint density at radius 3 is 2.71 bits per heavy atom. The van der Waals surface area contributed by atoms with Gasteiger partial charge in [-0.2, -0.15) is 0 Å². The number of methoxy groups -OCH3 is 1. The Bertz CT molecular complexity index is 391. The lowest BCUT2D eigenvalue weighted by atomic mass is 9.74. The van der Waals surface area contributed by atoms with E-state index in [1.54, 1.807) is 19.2 Å². The number of hydrogen-bond acceptors (Lipinski definition) is 3. The number of rotatable bonds is 4. The average Bonchev–Trinajstić information content (AvgIpc) is 2.28. The van der Waals surface area contributed by atoms with Gasteiger partial charge in [-0.15, -0.1) is 0 Å². The maximum atomic E-state index is 13.3. The van der Waals surface area contributed by atoms with Crippen molar-refractivity contribution in [3.8, 4) is 5.75 Å². The highest BCUT2D eigenvalue weighted by Gasteiger charge is 2.34. The molecule has 4 heteroatoms. The van der Waals surface area contributed by atoms with Gasteiger partial charge in [0.1, 0.15) is 11.6 Å². The molecule has 1 aromatic carbocycles. The number of halogens is 1. The number of nitrogens with one attached hydrogen (secondary N) is 1. The smallest absolute Gasteiger partial charge is 0.123 e. The van der Waals surface area contributed by atoms with Crippen molar-refractivity contribution in [1.82, 2.24) is 5.32 Å². The molecular formula is C13H19FN2O. The maximum Gasteiger partial charge on any atom is 0.123 e. The first-order valence-corrected chi connectivity index (χ1v) is 5.92. The Kier molecular flexibility index (Phi) is 3.64. The topological polar surface area (TPSA) is 47.3 Å². The van der Waals surface area contributed by atoms with Crippen LogP contribution in [0.5, 0.6) is 5.75 Å². The lowest BCUT2D eigenvalue weighted by Gasteiger charge is -2.39. The quantitative estimate of drug-likeness (QED) is 0.841. The molecule has 0 radical (unpaired) electrons. The number of hydrogen-bond donors (Lipinski definition) is 2. The Balaban J connectivity index is 2.26. The minimum absolute atomic E-state index is 0.112. The molecule has 0 aliphatic heterocycles. The fraction of sp³-hybridized carbons (Fsp3) is 0.538. The van der Waals surface area contributed by atoms with Crippen molar-refractivity contribution in [2.75, 3.05) is 14.2 Å². The fourth-order valence-corrected chi connectivity index (χ4v) is 2.57. The van der Waals surface area contributed by atoms with E-state index >= 15 is 0 Å². The van der Waals surface area contributed by atoms with E-state index in [2.05, 4.69) is 5.32 Å². The number of ether oxygens (including phenoxy) is 1. The van der Waals surface area contributed by atoms with Gasteiger partial charge in [0.2, 0.25) is 0 Å². The summed E-state index contributed by atoms with van der Waals surface area (Å²) in [5.74, 6) is 0.960. The third kappa shape index (κ3) is 2.42. The Morgan fingerprint density at radius 2 is 2.18 bits per heavy atom. The minimum atomic E-state index is -0.232. The van der Waals surface area contributed by atoms with Crippen LogP contribution >= 0.6 is 0 Å². The van der Waals surface area contributed by atoms with Crippen LogP contribution in [0.4, 0.5) is 4.39 Å². The van der Waals surface area contributed by atoms with Gasteiger partial charge in [-0.25, -0.2) is 4.39 Å². The largest absolute Gasteiger partial charge is 0.496 e. The van der Waals surface area contributed by atoms with Crippen LogP contribution in [-0.4, -0.2) is 20.2 Å². The molecule has 1 aromatic rings. The molecule has 0 amide bonds. The van der Waals surface area contributed by atoms with Crippen molar-refractivity contribution in [2.24, 2.45) is 11.7 Å². The van der Waals surface area contributed by atoms with Crippen molar-refractivity contribution < 1.29 is 9.13 Å². The first-order valence-electron chi connectivity index (χ1n) is 5.92.